The molecule has 5 N–H and O–H groups in total. The molecule has 0 aliphatic rings. The van der Waals surface area contributed by atoms with Crippen LogP contribution in [0.3, 0.4) is 0 Å². The fraction of sp³-hybridized carbons (Fsp3) is 0.900. The number of hydrogen-bond donors (Lipinski definition) is 5. The molecule has 0 bridgehead atoms. The fourth-order valence-corrected chi connectivity index (χ4v) is 1.32. The Labute approximate surface area is 99.9 Å². The van der Waals surface area contributed by atoms with Gasteiger partial charge >= 0.3 is 0 Å². The van der Waals surface area contributed by atoms with Gasteiger partial charge in [0.15, 0.2) is 0 Å². The maximum Gasteiger partial charge on any atom is 0.222 e. The third kappa shape index (κ3) is 4.97. The van der Waals surface area contributed by atoms with Gasteiger partial charge in [-0.25, -0.2) is 0 Å². The van der Waals surface area contributed by atoms with Gasteiger partial charge < -0.3 is 30.4 Å². The Morgan fingerprint density at radius 2 is 1.59 bits per heavy atom. The van der Waals surface area contributed by atoms with Crippen LogP contribution in [-0.4, -0.2) is 81.0 Å². The molecule has 0 radical (unpaired) electrons. The van der Waals surface area contributed by atoms with Crippen LogP contribution in [0.1, 0.15) is 13.3 Å². The average molecular weight is 251 g/mol. The molecule has 0 aromatic carbocycles. The zero-order chi connectivity index (χ0) is 13.6. The minimum Gasteiger partial charge on any atom is -0.394 e. The lowest BCUT2D eigenvalue weighted by atomic mass is 10.0. The summed E-state index contributed by atoms with van der Waals surface area (Å²) in [6, 6.07) is 0. The van der Waals surface area contributed by atoms with Crippen LogP contribution >= 0.6 is 0 Å². The number of carbonyl (C=O) groups excluding carboxylic acids is 1. The van der Waals surface area contributed by atoms with Crippen LogP contribution in [0.15, 0.2) is 0 Å². The molecule has 0 spiro atoms. The van der Waals surface area contributed by atoms with Crippen molar-refractivity contribution >= 4 is 5.91 Å². The second kappa shape index (κ2) is 7.57. The van der Waals surface area contributed by atoms with E-state index in [9.17, 15) is 20.1 Å². The summed E-state index contributed by atoms with van der Waals surface area (Å²) in [5.74, 6) is -0.214. The van der Waals surface area contributed by atoms with E-state index < -0.39 is 31.0 Å². The molecule has 0 aromatic heterocycles. The lowest BCUT2D eigenvalue weighted by Gasteiger charge is -2.28. The molecule has 4 atom stereocenters. The first-order chi connectivity index (χ1) is 7.84. The summed E-state index contributed by atoms with van der Waals surface area (Å²) < 4.78 is 0. The molecule has 102 valence electrons. The quantitative estimate of drug-likeness (QED) is 0.335. The second-order valence-electron chi connectivity index (χ2n) is 3.93. The first-order valence-corrected chi connectivity index (χ1v) is 5.42. The van der Waals surface area contributed by atoms with Crippen molar-refractivity contribution in [2.45, 2.75) is 37.8 Å². The molecule has 0 aliphatic carbocycles. The lowest BCUT2D eigenvalue weighted by molar-refractivity contribution is -0.137. The van der Waals surface area contributed by atoms with Gasteiger partial charge in [0.25, 0.3) is 0 Å². The standard InChI is InChI=1S/C10H21NO6/c1-3-8(15)11(2)4-6(13)9(16)10(17)7(14)5-12/h6-7,9-10,12-14,16-17H,3-5H2,1-2H3/t6?,7-,9?,10?/m1/s1. The zero-order valence-electron chi connectivity index (χ0n) is 10.0. The highest BCUT2D eigenvalue weighted by Gasteiger charge is 2.30. The van der Waals surface area contributed by atoms with Gasteiger partial charge in [-0.3, -0.25) is 4.79 Å². The van der Waals surface area contributed by atoms with Crippen LogP contribution in [-0.2, 0) is 4.79 Å². The van der Waals surface area contributed by atoms with Crippen molar-refractivity contribution in [1.82, 2.24) is 4.90 Å². The summed E-state index contributed by atoms with van der Waals surface area (Å²) >= 11 is 0. The normalized spacial score (nSPS) is 18.3. The van der Waals surface area contributed by atoms with Crippen molar-refractivity contribution in [2.75, 3.05) is 20.2 Å². The Kier molecular flexibility index (Phi) is 7.24. The van der Waals surface area contributed by atoms with Gasteiger partial charge in [0.05, 0.1) is 6.61 Å². The molecule has 0 heterocycles. The maximum atomic E-state index is 11.2. The van der Waals surface area contributed by atoms with Crippen LogP contribution < -0.4 is 0 Å². The SMILES string of the molecule is CCC(=O)N(C)CC(O)C(O)C(O)[C@H](O)CO. The third-order valence-electron chi connectivity index (χ3n) is 2.51. The van der Waals surface area contributed by atoms with Crippen molar-refractivity contribution in [1.29, 1.82) is 0 Å². The van der Waals surface area contributed by atoms with E-state index in [-0.39, 0.29) is 18.9 Å². The molecule has 1 amide bonds. The van der Waals surface area contributed by atoms with E-state index in [1.165, 1.54) is 11.9 Å². The van der Waals surface area contributed by atoms with Crippen molar-refractivity contribution in [3.8, 4) is 0 Å². The summed E-state index contributed by atoms with van der Waals surface area (Å²) in [6.07, 6.45) is -5.97. The van der Waals surface area contributed by atoms with E-state index in [2.05, 4.69) is 0 Å². The molecule has 7 nitrogen and oxygen atoms in total. The summed E-state index contributed by atoms with van der Waals surface area (Å²) in [5, 5.41) is 46.0. The van der Waals surface area contributed by atoms with Crippen molar-refractivity contribution in [2.24, 2.45) is 0 Å². The summed E-state index contributed by atoms with van der Waals surface area (Å²) in [7, 11) is 1.45. The number of likely N-dealkylation sites (N-methyl/N-ethyl adjacent to an activating group) is 1. The number of aliphatic hydroxyl groups excluding tert-OH is 5. The van der Waals surface area contributed by atoms with Gasteiger partial charge in [-0.1, -0.05) is 6.92 Å². The molecule has 7 heteroatoms. The number of carbonyl (C=O) groups is 1. The molecule has 17 heavy (non-hydrogen) atoms. The smallest absolute Gasteiger partial charge is 0.222 e. The van der Waals surface area contributed by atoms with Crippen LogP contribution in [0.2, 0.25) is 0 Å². The monoisotopic (exact) mass is 251 g/mol. The highest BCUT2D eigenvalue weighted by atomic mass is 16.4. The Morgan fingerprint density at radius 3 is 2.00 bits per heavy atom. The van der Waals surface area contributed by atoms with E-state index in [0.29, 0.717) is 0 Å². The number of amides is 1. The van der Waals surface area contributed by atoms with Crippen LogP contribution in [0.5, 0.6) is 0 Å². The first-order valence-electron chi connectivity index (χ1n) is 5.42. The molecule has 0 fully saturated rings. The average Bonchev–Trinajstić information content (AvgIpc) is 2.34. The Hall–Kier alpha value is -0.730. The van der Waals surface area contributed by atoms with E-state index in [0.717, 1.165) is 0 Å². The Morgan fingerprint density at radius 1 is 1.12 bits per heavy atom. The molecule has 0 saturated carbocycles. The van der Waals surface area contributed by atoms with Gasteiger partial charge in [-0.15, -0.1) is 0 Å². The van der Waals surface area contributed by atoms with Gasteiger partial charge in [-0.05, 0) is 0 Å². The highest BCUT2D eigenvalue weighted by Crippen LogP contribution is 2.06. The lowest BCUT2D eigenvalue weighted by Crippen LogP contribution is -2.49. The molecule has 0 aliphatic heterocycles. The molecule has 0 rings (SSSR count). The van der Waals surface area contributed by atoms with Crippen molar-refractivity contribution < 1.29 is 30.3 Å². The fourth-order valence-electron chi connectivity index (χ4n) is 1.32. The van der Waals surface area contributed by atoms with E-state index in [4.69, 9.17) is 10.2 Å². The molecule has 3 unspecified atom stereocenters. The van der Waals surface area contributed by atoms with Crippen LogP contribution in [0.4, 0.5) is 0 Å². The predicted molar refractivity (Wildman–Crippen MR) is 59.0 cm³/mol. The summed E-state index contributed by atoms with van der Waals surface area (Å²) in [6.45, 7) is 0.768. The van der Waals surface area contributed by atoms with Crippen molar-refractivity contribution in [3.63, 3.8) is 0 Å². The number of hydrogen-bond acceptors (Lipinski definition) is 6. The van der Waals surface area contributed by atoms with Gasteiger partial charge in [0.1, 0.15) is 24.4 Å². The topological polar surface area (TPSA) is 121 Å². The highest BCUT2D eigenvalue weighted by molar-refractivity contribution is 5.75. The van der Waals surface area contributed by atoms with Gasteiger partial charge in [0, 0.05) is 20.0 Å². The van der Waals surface area contributed by atoms with E-state index in [1.54, 1.807) is 6.92 Å². The van der Waals surface area contributed by atoms with Gasteiger partial charge in [-0.2, -0.15) is 0 Å². The Bertz CT molecular complexity index is 237. The van der Waals surface area contributed by atoms with Crippen molar-refractivity contribution in [3.05, 3.63) is 0 Å². The third-order valence-corrected chi connectivity index (χ3v) is 2.51. The molecular formula is C10H21NO6. The molecule has 0 aromatic rings. The number of aliphatic hydroxyl groups is 5. The number of nitrogens with zero attached hydrogens (tertiary/aromatic N) is 1. The van der Waals surface area contributed by atoms with Gasteiger partial charge in [0.2, 0.25) is 5.91 Å². The minimum absolute atomic E-state index is 0.164. The molecule has 0 saturated heterocycles. The van der Waals surface area contributed by atoms with E-state index in [1.807, 2.05) is 0 Å². The second-order valence-corrected chi connectivity index (χ2v) is 3.93. The predicted octanol–water partition coefficient (Wildman–Crippen LogP) is -2.71. The molecular weight excluding hydrogens is 230 g/mol. The van der Waals surface area contributed by atoms with Crippen LogP contribution in [0.25, 0.3) is 0 Å². The largest absolute Gasteiger partial charge is 0.394 e. The van der Waals surface area contributed by atoms with E-state index >= 15 is 0 Å². The summed E-state index contributed by atoms with van der Waals surface area (Å²) in [5.41, 5.74) is 0. The number of rotatable bonds is 7. The first kappa shape index (κ1) is 16.3. The Balaban J connectivity index is 4.30. The maximum absolute atomic E-state index is 11.2. The zero-order valence-corrected chi connectivity index (χ0v) is 10.0. The summed E-state index contributed by atoms with van der Waals surface area (Å²) in [4.78, 5) is 12.4. The minimum atomic E-state index is -1.67. The van der Waals surface area contributed by atoms with Crippen LogP contribution in [0, 0.1) is 0 Å².